The molecule has 6 heteroatoms. The first-order chi connectivity index (χ1) is 6.49. The van der Waals surface area contributed by atoms with Crippen LogP contribution in [0.2, 0.25) is 0 Å². The molecule has 0 fully saturated rings. The summed E-state index contributed by atoms with van der Waals surface area (Å²) in [6.45, 7) is 2.43. The molecule has 15 heavy (non-hydrogen) atoms. The van der Waals surface area contributed by atoms with Gasteiger partial charge in [-0.15, -0.1) is 0 Å². The molecule has 0 spiro atoms. The molecule has 0 aromatic heterocycles. The van der Waals surface area contributed by atoms with Crippen LogP contribution in [0.25, 0.3) is 0 Å². The fraction of sp³-hybridized carbons (Fsp3) is 0.778. The van der Waals surface area contributed by atoms with E-state index >= 15 is 0 Å². The third kappa shape index (κ3) is 3.60. The van der Waals surface area contributed by atoms with Crippen molar-refractivity contribution >= 4 is 11.6 Å². The summed E-state index contributed by atoms with van der Waals surface area (Å²) in [5, 5.41) is 0. The van der Waals surface area contributed by atoms with E-state index in [9.17, 15) is 27.2 Å². The zero-order chi connectivity index (χ0) is 12.4. The highest BCUT2D eigenvalue weighted by Crippen LogP contribution is 2.27. The molecule has 0 radical (unpaired) electrons. The minimum Gasteiger partial charge on any atom is -0.292 e. The number of alkyl halides is 4. The molecule has 0 amide bonds. The molecule has 0 saturated carbocycles. The van der Waals surface area contributed by atoms with E-state index in [1.807, 2.05) is 0 Å². The molecule has 0 unspecified atom stereocenters. The summed E-state index contributed by atoms with van der Waals surface area (Å²) in [6.07, 6.45) is -1.44. The quantitative estimate of drug-likeness (QED) is 0.535. The molecule has 0 bridgehead atoms. The summed E-state index contributed by atoms with van der Waals surface area (Å²) >= 11 is 0. The van der Waals surface area contributed by atoms with E-state index in [2.05, 4.69) is 0 Å². The van der Waals surface area contributed by atoms with Crippen LogP contribution < -0.4 is 0 Å². The Morgan fingerprint density at radius 1 is 1.07 bits per heavy atom. The largest absolute Gasteiger partial charge is 0.307 e. The third-order valence-corrected chi connectivity index (χ3v) is 1.91. The van der Waals surface area contributed by atoms with Crippen molar-refractivity contribution in [2.75, 3.05) is 0 Å². The van der Waals surface area contributed by atoms with Gasteiger partial charge in [-0.25, -0.2) is 0 Å². The highest BCUT2D eigenvalue weighted by Gasteiger charge is 2.45. The van der Waals surface area contributed by atoms with Gasteiger partial charge in [0.1, 0.15) is 0 Å². The van der Waals surface area contributed by atoms with Crippen LogP contribution in [0.15, 0.2) is 0 Å². The zero-order valence-corrected chi connectivity index (χ0v) is 8.61. The van der Waals surface area contributed by atoms with Crippen LogP contribution >= 0.6 is 0 Å². The minimum absolute atomic E-state index is 0.274. The van der Waals surface area contributed by atoms with Crippen LogP contribution in [0.4, 0.5) is 17.6 Å². The van der Waals surface area contributed by atoms with Gasteiger partial charge >= 0.3 is 11.8 Å². The molecular weight excluding hydrogens is 216 g/mol. The molecule has 0 heterocycles. The van der Waals surface area contributed by atoms with E-state index in [1.54, 1.807) is 0 Å². The van der Waals surface area contributed by atoms with Gasteiger partial charge in [-0.2, -0.15) is 17.6 Å². The molecule has 0 aliphatic carbocycles. The second-order valence-corrected chi connectivity index (χ2v) is 3.69. The highest BCUT2D eigenvalue weighted by molar-refractivity contribution is 6.04. The second-order valence-electron chi connectivity index (χ2n) is 3.69. The van der Waals surface area contributed by atoms with Crippen molar-refractivity contribution in [2.45, 2.75) is 39.0 Å². The van der Waals surface area contributed by atoms with E-state index < -0.39 is 35.8 Å². The summed E-state index contributed by atoms with van der Waals surface area (Å²) in [7, 11) is 0. The van der Waals surface area contributed by atoms with Crippen LogP contribution in [-0.2, 0) is 9.59 Å². The Morgan fingerprint density at radius 2 is 1.47 bits per heavy atom. The van der Waals surface area contributed by atoms with Gasteiger partial charge in [-0.1, -0.05) is 13.8 Å². The highest BCUT2D eigenvalue weighted by atomic mass is 19.3. The number of hydrogen-bond donors (Lipinski definition) is 0. The van der Waals surface area contributed by atoms with Crippen molar-refractivity contribution in [3.8, 4) is 0 Å². The number of Topliss-reactive ketones (excluding diaryl/α,β-unsaturated/α-hetero) is 2. The smallest absolute Gasteiger partial charge is 0.292 e. The summed E-state index contributed by atoms with van der Waals surface area (Å²) in [4.78, 5) is 21.5. The van der Waals surface area contributed by atoms with Crippen LogP contribution in [-0.4, -0.2) is 23.4 Å². The Labute approximate surface area is 84.6 Å². The Morgan fingerprint density at radius 3 is 1.73 bits per heavy atom. The lowest BCUT2D eigenvalue weighted by Gasteiger charge is -2.19. The second kappa shape index (κ2) is 4.28. The Kier molecular flexibility index (Phi) is 4.01. The molecule has 88 valence electrons. The fourth-order valence-electron chi connectivity index (χ4n) is 0.741. The van der Waals surface area contributed by atoms with Gasteiger partial charge in [-0.05, 0) is 0 Å². The van der Waals surface area contributed by atoms with Crippen molar-refractivity contribution in [2.24, 2.45) is 5.92 Å². The topological polar surface area (TPSA) is 34.1 Å². The molecule has 0 saturated heterocycles. The predicted octanol–water partition coefficient (Wildman–Crippen LogP) is 2.46. The lowest BCUT2D eigenvalue weighted by molar-refractivity contribution is -0.156. The molecule has 0 N–H and O–H groups in total. The summed E-state index contributed by atoms with van der Waals surface area (Å²) in [5.41, 5.74) is 0. The van der Waals surface area contributed by atoms with E-state index in [0.717, 1.165) is 13.8 Å². The van der Waals surface area contributed by atoms with Crippen LogP contribution in [0.1, 0.15) is 27.2 Å². The van der Waals surface area contributed by atoms with E-state index in [4.69, 9.17) is 0 Å². The number of hydrogen-bond acceptors (Lipinski definition) is 2. The molecular formula is C9H12F4O2. The molecule has 0 aliphatic heterocycles. The first-order valence-corrected chi connectivity index (χ1v) is 4.31. The number of ketones is 2. The normalized spacial score (nSPS) is 13.1. The van der Waals surface area contributed by atoms with Gasteiger partial charge in [0, 0.05) is 12.8 Å². The molecule has 0 aliphatic rings. The zero-order valence-electron chi connectivity index (χ0n) is 8.61. The number of halogens is 4. The number of rotatable bonds is 5. The summed E-state index contributed by atoms with van der Waals surface area (Å²) < 4.78 is 50.5. The van der Waals surface area contributed by atoms with Crippen molar-refractivity contribution in [1.82, 2.24) is 0 Å². The van der Waals surface area contributed by atoms with Crippen molar-refractivity contribution in [3.05, 3.63) is 0 Å². The van der Waals surface area contributed by atoms with E-state index in [-0.39, 0.29) is 6.92 Å². The van der Waals surface area contributed by atoms with Gasteiger partial charge in [0.25, 0.3) is 0 Å². The van der Waals surface area contributed by atoms with Gasteiger partial charge in [0.05, 0.1) is 6.42 Å². The Hall–Kier alpha value is -0.940. The van der Waals surface area contributed by atoms with E-state index in [0.29, 0.717) is 0 Å². The fourth-order valence-corrected chi connectivity index (χ4v) is 0.741. The van der Waals surface area contributed by atoms with Crippen molar-refractivity contribution < 1.29 is 27.2 Å². The summed E-state index contributed by atoms with van der Waals surface area (Å²) in [5.74, 6) is -12.3. The Balaban J connectivity index is 4.59. The van der Waals surface area contributed by atoms with Crippen LogP contribution in [0, 0.1) is 5.92 Å². The maximum atomic E-state index is 12.9. The number of carbonyl (C=O) groups is 2. The minimum atomic E-state index is -3.75. The maximum absolute atomic E-state index is 12.9. The van der Waals surface area contributed by atoms with E-state index in [1.165, 1.54) is 0 Å². The first-order valence-electron chi connectivity index (χ1n) is 4.31. The molecule has 0 aromatic rings. The van der Waals surface area contributed by atoms with Crippen molar-refractivity contribution in [1.29, 1.82) is 0 Å². The summed E-state index contributed by atoms with van der Waals surface area (Å²) in [6, 6.07) is 0. The van der Waals surface area contributed by atoms with Gasteiger partial charge < -0.3 is 0 Å². The van der Waals surface area contributed by atoms with Crippen molar-refractivity contribution in [3.63, 3.8) is 0 Å². The van der Waals surface area contributed by atoms with Crippen LogP contribution in [0.3, 0.4) is 0 Å². The number of carbonyl (C=O) groups excluding carboxylic acids is 2. The predicted molar refractivity (Wildman–Crippen MR) is 45.0 cm³/mol. The molecule has 0 aromatic carbocycles. The maximum Gasteiger partial charge on any atom is 0.307 e. The average Bonchev–Trinajstić information content (AvgIpc) is 2.01. The van der Waals surface area contributed by atoms with Gasteiger partial charge in [-0.3, -0.25) is 9.59 Å². The lowest BCUT2D eigenvalue weighted by Crippen LogP contribution is -2.38. The standard InChI is InChI=1S/C9H12F4O2/c1-5(2)9(12,13)7(15)4-6(14)8(3,10)11/h5H,4H2,1-3H3. The molecule has 2 nitrogen and oxygen atoms in total. The Bertz CT molecular complexity index is 266. The SMILES string of the molecule is CC(C)C(F)(F)C(=O)CC(=O)C(C)(F)F. The van der Waals surface area contributed by atoms with Gasteiger partial charge in [0.2, 0.25) is 11.6 Å². The first kappa shape index (κ1) is 14.1. The van der Waals surface area contributed by atoms with Crippen LogP contribution in [0.5, 0.6) is 0 Å². The lowest BCUT2D eigenvalue weighted by atomic mass is 9.97. The van der Waals surface area contributed by atoms with Gasteiger partial charge in [0.15, 0.2) is 0 Å². The molecule has 0 atom stereocenters. The molecule has 0 rings (SSSR count). The average molecular weight is 228 g/mol. The monoisotopic (exact) mass is 228 g/mol. The third-order valence-electron chi connectivity index (χ3n) is 1.91.